The van der Waals surface area contributed by atoms with Crippen molar-refractivity contribution in [3.63, 3.8) is 0 Å². The smallest absolute Gasteiger partial charge is 0.0471 e. The summed E-state index contributed by atoms with van der Waals surface area (Å²) in [5.41, 5.74) is 2.55. The van der Waals surface area contributed by atoms with Gasteiger partial charge in [0.1, 0.15) is 0 Å². The Morgan fingerprint density at radius 2 is 1.33 bits per heavy atom. The molecule has 1 rings (SSSR count). The summed E-state index contributed by atoms with van der Waals surface area (Å²) in [6.07, 6.45) is 0. The van der Waals surface area contributed by atoms with Crippen LogP contribution in [0.15, 0.2) is 0 Å². The Morgan fingerprint density at radius 1 is 1.00 bits per heavy atom. The summed E-state index contributed by atoms with van der Waals surface area (Å²) in [5, 5.41) is 0. The van der Waals surface area contributed by atoms with E-state index in [2.05, 4.69) is 64.0 Å². The summed E-state index contributed by atoms with van der Waals surface area (Å²) in [7, 11) is 0. The molecule has 0 bridgehead atoms. The molecule has 9 heavy (non-hydrogen) atoms. The molecule has 1 aromatic rings. The van der Waals surface area contributed by atoms with Crippen molar-refractivity contribution in [2.45, 2.75) is 13.8 Å². The number of aromatic nitrogens is 1. The van der Waals surface area contributed by atoms with Crippen LogP contribution in [0.25, 0.3) is 0 Å². The number of H-pyrrole nitrogens is 1. The van der Waals surface area contributed by atoms with Crippen LogP contribution in [0.2, 0.25) is 0 Å². The van der Waals surface area contributed by atoms with Crippen LogP contribution in [-0.2, 0) is 0 Å². The van der Waals surface area contributed by atoms with Gasteiger partial charge in [-0.25, -0.2) is 0 Å². The van der Waals surface area contributed by atoms with Crippen molar-refractivity contribution in [3.8, 4) is 0 Å². The van der Waals surface area contributed by atoms with Crippen molar-refractivity contribution in [2.75, 3.05) is 0 Å². The van der Waals surface area contributed by atoms with Crippen LogP contribution in [0.4, 0.5) is 0 Å². The number of nitrogens with one attached hydrogen (secondary N) is 1. The minimum absolute atomic E-state index is 1.28. The highest BCUT2D eigenvalue weighted by Crippen LogP contribution is 2.21. The molecule has 0 unspecified atom stereocenters. The molecule has 1 heterocycles. The standard InChI is InChI=1S/C6H7I2N/c1-3-5(7)6(8)4(2)9-3/h9H,1-2H3. The second-order valence-corrected chi connectivity index (χ2v) is 4.16. The fourth-order valence-corrected chi connectivity index (χ4v) is 1.80. The van der Waals surface area contributed by atoms with E-state index in [0.717, 1.165) is 0 Å². The summed E-state index contributed by atoms with van der Waals surface area (Å²) in [4.78, 5) is 3.26. The highest BCUT2D eigenvalue weighted by Gasteiger charge is 2.04. The summed E-state index contributed by atoms with van der Waals surface area (Å²) >= 11 is 4.70. The highest BCUT2D eigenvalue weighted by atomic mass is 127. The maximum atomic E-state index is 3.26. The topological polar surface area (TPSA) is 15.8 Å². The van der Waals surface area contributed by atoms with Gasteiger partial charge in [-0.3, -0.25) is 0 Å². The molecule has 0 fully saturated rings. The third kappa shape index (κ3) is 1.42. The van der Waals surface area contributed by atoms with E-state index in [1.165, 1.54) is 18.5 Å². The van der Waals surface area contributed by atoms with Crippen LogP contribution in [-0.4, -0.2) is 4.98 Å². The van der Waals surface area contributed by atoms with Crippen LogP contribution < -0.4 is 0 Å². The average molecular weight is 347 g/mol. The third-order valence-corrected chi connectivity index (χ3v) is 4.96. The highest BCUT2D eigenvalue weighted by molar-refractivity contribution is 14.1. The van der Waals surface area contributed by atoms with Crippen molar-refractivity contribution < 1.29 is 0 Å². The second kappa shape index (κ2) is 2.77. The fraction of sp³-hybridized carbons (Fsp3) is 0.333. The summed E-state index contributed by atoms with van der Waals surface area (Å²) in [6, 6.07) is 0. The lowest BCUT2D eigenvalue weighted by Gasteiger charge is -1.83. The predicted octanol–water partition coefficient (Wildman–Crippen LogP) is 2.84. The van der Waals surface area contributed by atoms with Gasteiger partial charge in [0.05, 0.1) is 0 Å². The maximum Gasteiger partial charge on any atom is 0.0471 e. The molecule has 0 aliphatic heterocycles. The van der Waals surface area contributed by atoms with Gasteiger partial charge in [-0.15, -0.1) is 0 Å². The first-order valence-corrected chi connectivity index (χ1v) is 4.79. The number of hydrogen-bond donors (Lipinski definition) is 1. The third-order valence-electron chi connectivity index (χ3n) is 1.23. The van der Waals surface area contributed by atoms with Crippen molar-refractivity contribution in [3.05, 3.63) is 18.5 Å². The van der Waals surface area contributed by atoms with E-state index < -0.39 is 0 Å². The first-order chi connectivity index (χ1) is 4.13. The van der Waals surface area contributed by atoms with Gasteiger partial charge in [0.15, 0.2) is 0 Å². The Bertz CT molecular complexity index is 205. The van der Waals surface area contributed by atoms with Crippen LogP contribution in [0.3, 0.4) is 0 Å². The van der Waals surface area contributed by atoms with Crippen LogP contribution in [0, 0.1) is 21.0 Å². The molecule has 0 aromatic carbocycles. The molecule has 0 saturated heterocycles. The van der Waals surface area contributed by atoms with E-state index in [4.69, 9.17) is 0 Å². The molecule has 0 spiro atoms. The largest absolute Gasteiger partial charge is 0.361 e. The Balaban J connectivity index is 3.29. The molecular weight excluding hydrogens is 340 g/mol. The zero-order valence-corrected chi connectivity index (χ0v) is 9.57. The Hall–Kier alpha value is 0.740. The van der Waals surface area contributed by atoms with Crippen LogP contribution in [0.5, 0.6) is 0 Å². The first kappa shape index (κ1) is 7.84. The molecule has 0 atom stereocenters. The maximum absolute atomic E-state index is 3.26. The molecule has 0 radical (unpaired) electrons. The normalized spacial score (nSPS) is 10.2. The molecular formula is C6H7I2N. The fourth-order valence-electron chi connectivity index (χ4n) is 0.720. The Kier molecular flexibility index (Phi) is 2.42. The zero-order valence-electron chi connectivity index (χ0n) is 5.26. The monoisotopic (exact) mass is 347 g/mol. The predicted molar refractivity (Wildman–Crippen MR) is 55.7 cm³/mol. The number of rotatable bonds is 0. The average Bonchev–Trinajstić information content (AvgIpc) is 1.98. The van der Waals surface area contributed by atoms with E-state index in [-0.39, 0.29) is 0 Å². The Morgan fingerprint density at radius 3 is 1.44 bits per heavy atom. The summed E-state index contributed by atoms with van der Waals surface area (Å²) < 4.78 is 2.70. The van der Waals surface area contributed by atoms with E-state index in [1.807, 2.05) is 0 Å². The molecule has 1 aromatic heterocycles. The van der Waals surface area contributed by atoms with E-state index in [1.54, 1.807) is 0 Å². The molecule has 0 saturated carbocycles. The van der Waals surface area contributed by atoms with Gasteiger partial charge in [-0.2, -0.15) is 0 Å². The molecule has 1 nitrogen and oxygen atoms in total. The van der Waals surface area contributed by atoms with Crippen molar-refractivity contribution in [1.29, 1.82) is 0 Å². The van der Waals surface area contributed by atoms with Gasteiger partial charge in [-0.05, 0) is 59.0 Å². The number of hydrogen-bond acceptors (Lipinski definition) is 0. The number of aromatic amines is 1. The molecule has 0 aliphatic carbocycles. The minimum Gasteiger partial charge on any atom is -0.361 e. The number of halogens is 2. The van der Waals surface area contributed by atoms with Crippen LogP contribution >= 0.6 is 45.2 Å². The van der Waals surface area contributed by atoms with Crippen LogP contribution in [0.1, 0.15) is 11.4 Å². The molecule has 0 amide bonds. The second-order valence-electron chi connectivity index (χ2n) is 2.00. The van der Waals surface area contributed by atoms with E-state index in [9.17, 15) is 0 Å². The molecule has 0 aliphatic rings. The zero-order chi connectivity index (χ0) is 7.02. The lowest BCUT2D eigenvalue weighted by atomic mass is 10.5. The lowest BCUT2D eigenvalue weighted by Crippen LogP contribution is -1.71. The van der Waals surface area contributed by atoms with Gasteiger partial charge in [-0.1, -0.05) is 0 Å². The van der Waals surface area contributed by atoms with E-state index in [0.29, 0.717) is 0 Å². The minimum atomic E-state index is 1.28. The molecule has 1 N–H and O–H groups in total. The molecule has 3 heteroatoms. The van der Waals surface area contributed by atoms with Crippen molar-refractivity contribution in [2.24, 2.45) is 0 Å². The van der Waals surface area contributed by atoms with Gasteiger partial charge in [0, 0.05) is 18.5 Å². The number of aryl methyl sites for hydroxylation is 2. The van der Waals surface area contributed by atoms with Gasteiger partial charge in [0.2, 0.25) is 0 Å². The summed E-state index contributed by atoms with van der Waals surface area (Å²) in [6.45, 7) is 4.19. The van der Waals surface area contributed by atoms with Gasteiger partial charge >= 0.3 is 0 Å². The first-order valence-electron chi connectivity index (χ1n) is 2.63. The molecule has 50 valence electrons. The van der Waals surface area contributed by atoms with Gasteiger partial charge < -0.3 is 4.98 Å². The lowest BCUT2D eigenvalue weighted by molar-refractivity contribution is 1.18. The Labute approximate surface area is 81.9 Å². The van der Waals surface area contributed by atoms with Crippen molar-refractivity contribution >= 4 is 45.2 Å². The summed E-state index contributed by atoms with van der Waals surface area (Å²) in [5.74, 6) is 0. The SMILES string of the molecule is Cc1[nH]c(C)c(I)c1I. The van der Waals surface area contributed by atoms with Gasteiger partial charge in [0.25, 0.3) is 0 Å². The quantitative estimate of drug-likeness (QED) is 0.695. The van der Waals surface area contributed by atoms with E-state index >= 15 is 0 Å². The van der Waals surface area contributed by atoms with Crippen molar-refractivity contribution in [1.82, 2.24) is 4.98 Å².